The Bertz CT molecular complexity index is 1500. The Morgan fingerprint density at radius 1 is 0.940 bits per heavy atom. The lowest BCUT2D eigenvalue weighted by molar-refractivity contribution is -0.134. The van der Waals surface area contributed by atoms with Crippen LogP contribution < -0.4 is 24.3 Å². The molecule has 0 aromatic heterocycles. The molecule has 0 bridgehead atoms. The molecule has 0 radical (unpaired) electrons. The lowest BCUT2D eigenvalue weighted by Gasteiger charge is -2.25. The first kappa shape index (κ1) is 40.2. The molecule has 1 saturated heterocycles. The number of carbonyl (C=O) groups is 2. The van der Waals surface area contributed by atoms with Gasteiger partial charge in [0.15, 0.2) is 11.5 Å². The molecule has 2 aliphatic rings. The van der Waals surface area contributed by atoms with Crippen LogP contribution in [0.3, 0.4) is 0 Å². The van der Waals surface area contributed by atoms with Gasteiger partial charge in [0.2, 0.25) is 18.4 Å². The number of carbonyl (C=O) groups excluding carboxylic acids is 1. The fourth-order valence-corrected chi connectivity index (χ4v) is 6.37. The van der Waals surface area contributed by atoms with Gasteiger partial charge in [-0.05, 0) is 96.5 Å². The molecule has 50 heavy (non-hydrogen) atoms. The molecule has 5 rings (SSSR count). The van der Waals surface area contributed by atoms with Crippen LogP contribution >= 0.6 is 0 Å². The second kappa shape index (κ2) is 20.4. The maximum Gasteiger partial charge on any atom is 0.300 e. The largest absolute Gasteiger partial charge is 0.494 e. The van der Waals surface area contributed by atoms with Gasteiger partial charge in [-0.25, -0.2) is 0 Å². The molecule has 2 aliphatic heterocycles. The number of carboxylic acid groups (broad SMARTS) is 1. The number of ether oxygens (including phenoxy) is 4. The van der Waals surface area contributed by atoms with Gasteiger partial charge in [0.1, 0.15) is 5.75 Å². The number of carboxylic acids is 1. The molecule has 1 fully saturated rings. The van der Waals surface area contributed by atoms with Crippen molar-refractivity contribution in [2.45, 2.75) is 92.0 Å². The number of nitrogens with one attached hydrogen (secondary N) is 1. The van der Waals surface area contributed by atoms with E-state index < -0.39 is 5.97 Å². The predicted octanol–water partition coefficient (Wildman–Crippen LogP) is 7.55. The molecule has 2 heterocycles. The lowest BCUT2D eigenvalue weighted by atomic mass is 9.93. The van der Waals surface area contributed by atoms with Gasteiger partial charge in [-0.3, -0.25) is 14.5 Å². The van der Waals surface area contributed by atoms with E-state index >= 15 is 0 Å². The van der Waals surface area contributed by atoms with Crippen molar-refractivity contribution in [3.05, 3.63) is 76.3 Å². The molecule has 0 aliphatic carbocycles. The molecule has 3 N–H and O–H groups in total. The summed E-state index contributed by atoms with van der Waals surface area (Å²) >= 11 is 0. The number of methoxy groups -OCH3 is 1. The quantitative estimate of drug-likeness (QED) is 0.147. The van der Waals surface area contributed by atoms with Crippen LogP contribution in [0.15, 0.2) is 48.5 Å². The number of rotatable bonds is 14. The fourth-order valence-electron chi connectivity index (χ4n) is 6.37. The Labute approximate surface area is 297 Å². The third-order valence-electron chi connectivity index (χ3n) is 8.78. The first-order valence-corrected chi connectivity index (χ1v) is 17.9. The topological polar surface area (TPSA) is 127 Å². The molecule has 2 atom stereocenters. The number of aryl methyl sites for hydroxylation is 3. The number of likely N-dealkylation sites (tertiary alicyclic amines) is 1. The number of fused-ring (bicyclic) bond motifs is 1. The number of benzene rings is 3. The second-order valence-corrected chi connectivity index (χ2v) is 12.1. The van der Waals surface area contributed by atoms with Crippen LogP contribution in [-0.2, 0) is 28.9 Å². The van der Waals surface area contributed by atoms with E-state index in [1.165, 1.54) is 16.7 Å². The van der Waals surface area contributed by atoms with E-state index in [1.54, 1.807) is 7.11 Å². The molecular weight excluding hydrogens is 636 g/mol. The molecule has 0 unspecified atom stereocenters. The maximum atomic E-state index is 13.7. The van der Waals surface area contributed by atoms with E-state index in [-0.39, 0.29) is 37.8 Å². The molecule has 0 saturated carbocycles. The average Bonchev–Trinajstić information content (AvgIpc) is 3.78. The van der Waals surface area contributed by atoms with E-state index in [0.717, 1.165) is 74.6 Å². The highest BCUT2D eigenvalue weighted by Crippen LogP contribution is 2.47. The SMILES string of the molecule is CC.CC(=O)O.CCc1cc(CC)c(NC(=O)CN2C[C@H](c3cc(OC)c4c(c3)OCO4)C[C@@H]2c2ccc(OCCCCO)cc2)c(CC)c1. The van der Waals surface area contributed by atoms with Gasteiger partial charge in [-0.2, -0.15) is 0 Å². The Hall–Kier alpha value is -4.28. The third-order valence-corrected chi connectivity index (χ3v) is 8.78. The highest BCUT2D eigenvalue weighted by molar-refractivity contribution is 5.94. The van der Waals surface area contributed by atoms with Crippen molar-refractivity contribution >= 4 is 17.6 Å². The summed E-state index contributed by atoms with van der Waals surface area (Å²) in [7, 11) is 1.64. The Morgan fingerprint density at radius 3 is 2.18 bits per heavy atom. The third kappa shape index (κ3) is 10.9. The van der Waals surface area contributed by atoms with Crippen molar-refractivity contribution in [3.8, 4) is 23.0 Å². The van der Waals surface area contributed by atoms with E-state index in [0.29, 0.717) is 23.9 Å². The normalized spacial score (nSPS) is 16.1. The minimum absolute atomic E-state index is 0.00333. The molecule has 1 amide bonds. The molecule has 10 heteroatoms. The number of amides is 1. The number of aliphatic carboxylic acids is 1. The zero-order chi connectivity index (χ0) is 36.6. The van der Waals surface area contributed by atoms with E-state index in [1.807, 2.05) is 32.0 Å². The fraction of sp³-hybridized carbons (Fsp3) is 0.500. The number of nitrogens with zero attached hydrogens (tertiary/aromatic N) is 1. The zero-order valence-electron chi connectivity index (χ0n) is 30.8. The van der Waals surface area contributed by atoms with E-state index in [2.05, 4.69) is 61.3 Å². The van der Waals surface area contributed by atoms with Crippen LogP contribution in [0.2, 0.25) is 0 Å². The maximum absolute atomic E-state index is 13.7. The van der Waals surface area contributed by atoms with E-state index in [9.17, 15) is 4.79 Å². The number of unbranched alkanes of at least 4 members (excludes halogenated alkanes) is 1. The molecular formula is C40H56N2O8. The average molecular weight is 693 g/mol. The smallest absolute Gasteiger partial charge is 0.300 e. The summed E-state index contributed by atoms with van der Waals surface area (Å²) in [4.78, 5) is 25.0. The molecule has 3 aromatic carbocycles. The summed E-state index contributed by atoms with van der Waals surface area (Å²) in [5, 5.41) is 19.8. The van der Waals surface area contributed by atoms with Crippen molar-refractivity contribution in [1.82, 2.24) is 4.90 Å². The Kier molecular flexibility index (Phi) is 16.4. The summed E-state index contributed by atoms with van der Waals surface area (Å²) in [6.07, 6.45) is 5.09. The van der Waals surface area contributed by atoms with Crippen molar-refractivity contribution in [2.75, 3.05) is 45.5 Å². The standard InChI is InChI=1S/C36H46N2O6.C2H4O2.C2H6/c1-5-24-16-25(6-2)35(26(7-3)17-24)37-34(40)22-38-21-29(28-19-32(41-4)36-33(20-28)43-23-44-36)18-31(38)27-10-12-30(13-11-27)42-15-9-8-14-39;1-2(3)4;1-2/h10-13,16-17,19-20,29,31,39H,5-9,14-15,18,21-23H2,1-4H3,(H,37,40);1H3,(H,3,4);1-2H3/t29-,31-;;/m1../s1. The van der Waals surface area contributed by atoms with Crippen molar-refractivity contribution in [1.29, 1.82) is 0 Å². The van der Waals surface area contributed by atoms with Gasteiger partial charge in [0.05, 0.1) is 20.3 Å². The van der Waals surface area contributed by atoms with Gasteiger partial charge in [-0.15, -0.1) is 0 Å². The molecule has 3 aromatic rings. The van der Waals surface area contributed by atoms with Crippen LogP contribution in [0.1, 0.15) is 101 Å². The monoisotopic (exact) mass is 692 g/mol. The number of aliphatic hydroxyl groups is 1. The van der Waals surface area contributed by atoms with Gasteiger partial charge < -0.3 is 34.5 Å². The number of hydrogen-bond acceptors (Lipinski definition) is 8. The lowest BCUT2D eigenvalue weighted by Crippen LogP contribution is -2.33. The number of hydrogen-bond donors (Lipinski definition) is 3. The van der Waals surface area contributed by atoms with Gasteiger partial charge in [-0.1, -0.05) is 58.9 Å². The molecule has 274 valence electrons. The summed E-state index contributed by atoms with van der Waals surface area (Å²) in [6.45, 7) is 13.5. The minimum atomic E-state index is -0.833. The Balaban J connectivity index is 0.00000105. The van der Waals surface area contributed by atoms with Crippen molar-refractivity contribution in [3.63, 3.8) is 0 Å². The second-order valence-electron chi connectivity index (χ2n) is 12.1. The summed E-state index contributed by atoms with van der Waals surface area (Å²) in [5.41, 5.74) is 6.90. The molecule has 10 nitrogen and oxygen atoms in total. The van der Waals surface area contributed by atoms with Crippen LogP contribution in [-0.4, -0.2) is 67.2 Å². The number of anilines is 1. The van der Waals surface area contributed by atoms with Crippen molar-refractivity contribution in [2.24, 2.45) is 0 Å². The van der Waals surface area contributed by atoms with Crippen LogP contribution in [0.25, 0.3) is 0 Å². The first-order chi connectivity index (χ1) is 24.2. The Morgan fingerprint density at radius 2 is 1.60 bits per heavy atom. The van der Waals surface area contributed by atoms with Gasteiger partial charge >= 0.3 is 0 Å². The zero-order valence-corrected chi connectivity index (χ0v) is 30.8. The number of aliphatic hydroxyl groups excluding tert-OH is 1. The minimum Gasteiger partial charge on any atom is -0.494 e. The summed E-state index contributed by atoms with van der Waals surface area (Å²) in [6, 6.07) is 16.8. The predicted molar refractivity (Wildman–Crippen MR) is 197 cm³/mol. The van der Waals surface area contributed by atoms with Crippen molar-refractivity contribution < 1.29 is 38.7 Å². The van der Waals surface area contributed by atoms with Crippen LogP contribution in [0.4, 0.5) is 5.69 Å². The summed E-state index contributed by atoms with van der Waals surface area (Å²) in [5.74, 6) is 2.15. The van der Waals surface area contributed by atoms with E-state index in [4.69, 9.17) is 34.0 Å². The van der Waals surface area contributed by atoms with Crippen LogP contribution in [0.5, 0.6) is 23.0 Å². The van der Waals surface area contributed by atoms with Crippen LogP contribution in [0, 0.1) is 0 Å². The van der Waals surface area contributed by atoms with Gasteiger partial charge in [0, 0.05) is 31.8 Å². The highest BCUT2D eigenvalue weighted by Gasteiger charge is 2.36. The summed E-state index contributed by atoms with van der Waals surface area (Å²) < 4.78 is 22.9. The van der Waals surface area contributed by atoms with Gasteiger partial charge in [0.25, 0.3) is 5.97 Å². The highest BCUT2D eigenvalue weighted by atomic mass is 16.7. The molecule has 0 spiro atoms. The first-order valence-electron chi connectivity index (χ1n) is 17.9.